The Kier molecular flexibility index (Phi) is 6.17. The Labute approximate surface area is 254 Å². The summed E-state index contributed by atoms with van der Waals surface area (Å²) in [5.74, 6) is 1.85. The van der Waals surface area contributed by atoms with Crippen LogP contribution in [0.25, 0.3) is 77.6 Å². The lowest BCUT2D eigenvalue weighted by Crippen LogP contribution is -2.00. The zero-order valence-electron chi connectivity index (χ0n) is 23.1. The molecule has 0 unspecified atom stereocenters. The van der Waals surface area contributed by atoms with Gasteiger partial charge in [-0.25, -0.2) is 15.0 Å². The zero-order chi connectivity index (χ0) is 28.8. The molecule has 0 amide bonds. The van der Waals surface area contributed by atoms with Crippen LogP contribution in [0.1, 0.15) is 0 Å². The summed E-state index contributed by atoms with van der Waals surface area (Å²) < 4.78 is 0. The normalized spacial score (nSPS) is 11.4. The van der Waals surface area contributed by atoms with E-state index in [0.29, 0.717) is 22.5 Å². The molecule has 0 saturated heterocycles. The first-order valence-corrected chi connectivity index (χ1v) is 14.6. The molecular weight excluding hydrogens is 546 g/mol. The van der Waals surface area contributed by atoms with E-state index < -0.39 is 0 Å². The van der Waals surface area contributed by atoms with Gasteiger partial charge in [0.05, 0.1) is 0 Å². The van der Waals surface area contributed by atoms with Crippen molar-refractivity contribution in [3.05, 3.63) is 151 Å². The number of fused-ring (bicyclic) bond motifs is 3. The first-order chi connectivity index (χ1) is 21.2. The van der Waals surface area contributed by atoms with Crippen molar-refractivity contribution in [2.75, 3.05) is 0 Å². The summed E-state index contributed by atoms with van der Waals surface area (Å²) >= 11 is 6.78. The third-order valence-electron chi connectivity index (χ3n) is 7.94. The molecule has 8 aromatic rings. The first kappa shape index (κ1) is 25.3. The number of rotatable bonds is 4. The van der Waals surface area contributed by atoms with E-state index in [1.165, 1.54) is 21.5 Å². The molecule has 0 atom stereocenters. The quantitative estimate of drug-likeness (QED) is 0.211. The largest absolute Gasteiger partial charge is 0.208 e. The Morgan fingerprint density at radius 1 is 0.326 bits per heavy atom. The molecule has 1 aromatic heterocycles. The van der Waals surface area contributed by atoms with Gasteiger partial charge in [0.25, 0.3) is 0 Å². The maximum atomic E-state index is 6.78. The number of halogens is 1. The zero-order valence-corrected chi connectivity index (χ0v) is 23.8. The van der Waals surface area contributed by atoms with Gasteiger partial charge in [-0.05, 0) is 74.3 Å². The highest BCUT2D eigenvalue weighted by Gasteiger charge is 2.15. The van der Waals surface area contributed by atoms with Gasteiger partial charge in [-0.3, -0.25) is 0 Å². The van der Waals surface area contributed by atoms with Gasteiger partial charge in [-0.2, -0.15) is 0 Å². The maximum absolute atomic E-state index is 6.78. The topological polar surface area (TPSA) is 38.7 Å². The summed E-state index contributed by atoms with van der Waals surface area (Å²) in [5, 5.41) is 7.66. The van der Waals surface area contributed by atoms with Gasteiger partial charge in [0.1, 0.15) is 0 Å². The Bertz CT molecular complexity index is 2230. The van der Waals surface area contributed by atoms with Gasteiger partial charge in [0, 0.05) is 27.3 Å². The fourth-order valence-electron chi connectivity index (χ4n) is 5.66. The van der Waals surface area contributed by atoms with Gasteiger partial charge < -0.3 is 0 Å². The SMILES string of the molecule is Clc1ccc(-c2nc(-c3ccc4ccccc4c3)nc(-c3ccc4ccccc4c3)n2)cc1-c1ccc2ccccc2c1. The number of nitrogens with zero attached hydrogens (tertiary/aromatic N) is 3. The standard InChI is InChI=1S/C39H24ClN3/c40-36-20-19-34(24-35(36)31-16-13-25-7-1-4-10-28(25)21-31)39-42-37(32-17-14-26-8-2-5-11-29(26)22-32)41-38(43-39)33-18-15-27-9-3-6-12-30(27)23-33/h1-24H. The predicted octanol–water partition coefficient (Wildman–Crippen LogP) is 10.7. The molecule has 0 fully saturated rings. The summed E-state index contributed by atoms with van der Waals surface area (Å²) in [4.78, 5) is 15.0. The third-order valence-corrected chi connectivity index (χ3v) is 8.27. The minimum absolute atomic E-state index is 0.597. The Morgan fingerprint density at radius 2 is 0.674 bits per heavy atom. The van der Waals surface area contributed by atoms with E-state index in [9.17, 15) is 0 Å². The number of hydrogen-bond acceptors (Lipinski definition) is 3. The molecule has 43 heavy (non-hydrogen) atoms. The van der Waals surface area contributed by atoms with Crippen molar-refractivity contribution in [1.82, 2.24) is 15.0 Å². The first-order valence-electron chi connectivity index (χ1n) is 14.2. The Balaban J connectivity index is 1.31. The molecule has 7 aromatic carbocycles. The van der Waals surface area contributed by atoms with Crippen LogP contribution in [0.4, 0.5) is 0 Å². The van der Waals surface area contributed by atoms with E-state index in [1.807, 2.05) is 24.3 Å². The van der Waals surface area contributed by atoms with Crippen molar-refractivity contribution in [1.29, 1.82) is 0 Å². The molecule has 3 nitrogen and oxygen atoms in total. The van der Waals surface area contributed by atoms with Gasteiger partial charge in [-0.1, -0.05) is 121 Å². The van der Waals surface area contributed by atoms with Crippen LogP contribution in [-0.4, -0.2) is 15.0 Å². The fourth-order valence-corrected chi connectivity index (χ4v) is 5.89. The summed E-state index contributed by atoms with van der Waals surface area (Å²) in [5.41, 5.74) is 4.73. The number of hydrogen-bond donors (Lipinski definition) is 0. The molecule has 0 aliphatic carbocycles. The van der Waals surface area contributed by atoms with Crippen molar-refractivity contribution in [3.63, 3.8) is 0 Å². The van der Waals surface area contributed by atoms with Crippen LogP contribution >= 0.6 is 11.6 Å². The van der Waals surface area contributed by atoms with Crippen LogP contribution < -0.4 is 0 Å². The van der Waals surface area contributed by atoms with Crippen LogP contribution in [0, 0.1) is 0 Å². The second-order valence-corrected chi connectivity index (χ2v) is 11.1. The van der Waals surface area contributed by atoms with Crippen LogP contribution in [-0.2, 0) is 0 Å². The minimum Gasteiger partial charge on any atom is -0.208 e. The van der Waals surface area contributed by atoms with Crippen molar-refractivity contribution in [2.45, 2.75) is 0 Å². The fraction of sp³-hybridized carbons (Fsp3) is 0. The lowest BCUT2D eigenvalue weighted by molar-refractivity contribution is 1.08. The van der Waals surface area contributed by atoms with E-state index in [2.05, 4.69) is 121 Å². The van der Waals surface area contributed by atoms with E-state index in [-0.39, 0.29) is 0 Å². The second kappa shape index (κ2) is 10.5. The van der Waals surface area contributed by atoms with Crippen molar-refractivity contribution < 1.29 is 0 Å². The Hall–Kier alpha value is -5.38. The van der Waals surface area contributed by atoms with Gasteiger partial charge >= 0.3 is 0 Å². The predicted molar refractivity (Wildman–Crippen MR) is 179 cm³/mol. The van der Waals surface area contributed by atoms with Crippen LogP contribution in [0.2, 0.25) is 5.02 Å². The minimum atomic E-state index is 0.597. The van der Waals surface area contributed by atoms with Crippen molar-refractivity contribution in [3.8, 4) is 45.3 Å². The summed E-state index contributed by atoms with van der Waals surface area (Å²) in [6.07, 6.45) is 0. The van der Waals surface area contributed by atoms with Gasteiger partial charge in [-0.15, -0.1) is 0 Å². The average Bonchev–Trinajstić information content (AvgIpc) is 3.07. The molecule has 1 heterocycles. The molecule has 0 saturated carbocycles. The highest BCUT2D eigenvalue weighted by atomic mass is 35.5. The molecule has 202 valence electrons. The molecule has 0 aliphatic heterocycles. The van der Waals surface area contributed by atoms with E-state index in [0.717, 1.165) is 38.6 Å². The van der Waals surface area contributed by atoms with Gasteiger partial charge in [0.2, 0.25) is 0 Å². The molecular formula is C39H24ClN3. The van der Waals surface area contributed by atoms with E-state index in [1.54, 1.807) is 0 Å². The average molecular weight is 570 g/mol. The Morgan fingerprint density at radius 3 is 1.14 bits per heavy atom. The van der Waals surface area contributed by atoms with E-state index in [4.69, 9.17) is 26.6 Å². The van der Waals surface area contributed by atoms with Crippen LogP contribution in [0.3, 0.4) is 0 Å². The summed E-state index contributed by atoms with van der Waals surface area (Å²) in [6, 6.07) is 50.1. The van der Waals surface area contributed by atoms with Crippen molar-refractivity contribution in [2.24, 2.45) is 0 Å². The summed E-state index contributed by atoms with van der Waals surface area (Å²) in [6.45, 7) is 0. The monoisotopic (exact) mass is 569 g/mol. The lowest BCUT2D eigenvalue weighted by Gasteiger charge is -2.12. The lowest BCUT2D eigenvalue weighted by atomic mass is 9.99. The van der Waals surface area contributed by atoms with Crippen LogP contribution in [0.15, 0.2) is 146 Å². The highest BCUT2D eigenvalue weighted by molar-refractivity contribution is 6.33. The second-order valence-electron chi connectivity index (χ2n) is 10.7. The third kappa shape index (κ3) is 4.80. The molecule has 8 rings (SSSR count). The number of benzene rings is 7. The van der Waals surface area contributed by atoms with Crippen molar-refractivity contribution >= 4 is 43.9 Å². The highest BCUT2D eigenvalue weighted by Crippen LogP contribution is 2.35. The smallest absolute Gasteiger partial charge is 0.164 e. The maximum Gasteiger partial charge on any atom is 0.164 e. The molecule has 0 N–H and O–H groups in total. The molecule has 0 spiro atoms. The summed E-state index contributed by atoms with van der Waals surface area (Å²) in [7, 11) is 0. The molecule has 0 aliphatic rings. The molecule has 0 radical (unpaired) electrons. The van der Waals surface area contributed by atoms with E-state index >= 15 is 0 Å². The molecule has 4 heteroatoms. The number of aromatic nitrogens is 3. The van der Waals surface area contributed by atoms with Gasteiger partial charge in [0.15, 0.2) is 17.5 Å². The molecule has 0 bridgehead atoms. The van der Waals surface area contributed by atoms with Crippen LogP contribution in [0.5, 0.6) is 0 Å².